The number of aromatic amines is 1. The molecule has 0 unspecified atom stereocenters. The number of nitrogens with zero attached hydrogens (tertiary/aromatic N) is 1. The standard InChI is InChI=1S/C40H50N10O5S2/c41-14-6-5-10-30(35(42)51)47-37(53)32(19-26-22-56-23-46-26)49-36(52)31(18-25-21-45-29-9-3-2-8-28(25)29)48-38(54)33(50-39(55)40(43)12-15-44-16-13-40)20-27-17-24-7-1-4-11-34(24)57-27/h1-4,7-9,11,17,21-23,30-33,44-45H,5-6,10,12-16,18-20,41,43H2,(H2,42,51)(H,47,53)(H,48,54)(H,49,52)(H,50,55)/t30-,31+,32-,33+/m0/s1. The largest absolute Gasteiger partial charge is 0.368 e. The number of rotatable bonds is 19. The number of hydrogen-bond donors (Lipinski definition) is 9. The third-order valence-corrected chi connectivity index (χ3v) is 12.1. The summed E-state index contributed by atoms with van der Waals surface area (Å²) in [6.45, 7) is 1.55. The molecule has 1 saturated heterocycles. The molecule has 1 aliphatic rings. The maximum atomic E-state index is 14.5. The number of thiazole rings is 1. The fourth-order valence-electron chi connectivity index (χ4n) is 7.03. The van der Waals surface area contributed by atoms with E-state index in [1.54, 1.807) is 17.1 Å². The van der Waals surface area contributed by atoms with Crippen LogP contribution in [0.1, 0.15) is 48.2 Å². The van der Waals surface area contributed by atoms with E-state index < -0.39 is 59.2 Å². The van der Waals surface area contributed by atoms with Crippen molar-refractivity contribution in [3.63, 3.8) is 0 Å². The van der Waals surface area contributed by atoms with Crippen molar-refractivity contribution in [3.8, 4) is 0 Å². The highest BCUT2D eigenvalue weighted by molar-refractivity contribution is 7.19. The molecule has 4 atom stereocenters. The second-order valence-electron chi connectivity index (χ2n) is 14.5. The van der Waals surface area contributed by atoms with Crippen LogP contribution in [0.15, 0.2) is 71.7 Å². The molecule has 302 valence electrons. The average Bonchev–Trinajstić information content (AvgIpc) is 3.97. The number of aromatic nitrogens is 2. The first-order valence-corrected chi connectivity index (χ1v) is 20.9. The van der Waals surface area contributed by atoms with Gasteiger partial charge in [0.05, 0.1) is 16.7 Å². The summed E-state index contributed by atoms with van der Waals surface area (Å²) in [5, 5.41) is 18.3. The molecule has 1 fully saturated rings. The Balaban J connectivity index is 1.29. The first-order chi connectivity index (χ1) is 27.5. The zero-order valence-corrected chi connectivity index (χ0v) is 33.2. The van der Waals surface area contributed by atoms with Crippen molar-refractivity contribution in [1.82, 2.24) is 36.6 Å². The van der Waals surface area contributed by atoms with Gasteiger partial charge in [-0.25, -0.2) is 4.98 Å². The van der Waals surface area contributed by atoms with E-state index in [2.05, 4.69) is 36.6 Å². The Bertz CT molecular complexity index is 2130. The number of para-hydroxylation sites is 1. The zero-order chi connectivity index (χ0) is 40.4. The predicted octanol–water partition coefficient (Wildman–Crippen LogP) is 1.50. The SMILES string of the molecule is NCCCC[C@H](NC(=O)[C@H](Cc1cscn1)NC(=O)[C@@H](Cc1c[nH]c2ccccc12)NC(=O)[C@@H](Cc1cc2ccccc2s1)NC(=O)C1(N)CCNCC1)C(N)=O. The fourth-order valence-corrected chi connectivity index (χ4v) is 8.71. The van der Waals surface area contributed by atoms with Crippen LogP contribution in [0, 0.1) is 0 Å². The van der Waals surface area contributed by atoms with Gasteiger partial charge in [-0.1, -0.05) is 36.4 Å². The number of carbonyl (C=O) groups excluding carboxylic acids is 5. The van der Waals surface area contributed by atoms with Crippen LogP contribution in [-0.4, -0.2) is 88.8 Å². The van der Waals surface area contributed by atoms with Crippen molar-refractivity contribution in [3.05, 3.63) is 87.8 Å². The number of thiophene rings is 1. The van der Waals surface area contributed by atoms with E-state index in [1.165, 1.54) is 22.7 Å². The monoisotopic (exact) mass is 814 g/mol. The van der Waals surface area contributed by atoms with Gasteiger partial charge in [0.2, 0.25) is 29.5 Å². The van der Waals surface area contributed by atoms with Crippen LogP contribution in [0.2, 0.25) is 0 Å². The van der Waals surface area contributed by atoms with Gasteiger partial charge in [-0.3, -0.25) is 24.0 Å². The Labute approximate surface area is 338 Å². The molecule has 17 heteroatoms. The van der Waals surface area contributed by atoms with Gasteiger partial charge in [0.1, 0.15) is 24.2 Å². The van der Waals surface area contributed by atoms with E-state index in [4.69, 9.17) is 17.2 Å². The van der Waals surface area contributed by atoms with Crippen LogP contribution in [0.5, 0.6) is 0 Å². The van der Waals surface area contributed by atoms with Gasteiger partial charge in [0.25, 0.3) is 0 Å². The molecule has 57 heavy (non-hydrogen) atoms. The first-order valence-electron chi connectivity index (χ1n) is 19.1. The van der Waals surface area contributed by atoms with Crippen molar-refractivity contribution >= 4 is 73.2 Å². The minimum Gasteiger partial charge on any atom is -0.368 e. The molecule has 0 saturated carbocycles. The van der Waals surface area contributed by atoms with Crippen molar-refractivity contribution in [2.75, 3.05) is 19.6 Å². The Hall–Kier alpha value is -5.20. The highest BCUT2D eigenvalue weighted by atomic mass is 32.1. The lowest BCUT2D eigenvalue weighted by Gasteiger charge is -2.34. The zero-order valence-electron chi connectivity index (χ0n) is 31.6. The lowest BCUT2D eigenvalue weighted by atomic mass is 9.88. The second-order valence-corrected chi connectivity index (χ2v) is 16.4. The number of hydrogen-bond acceptors (Lipinski definition) is 11. The van der Waals surface area contributed by atoms with Crippen LogP contribution in [-0.2, 0) is 43.2 Å². The van der Waals surface area contributed by atoms with Crippen LogP contribution in [0.25, 0.3) is 21.0 Å². The van der Waals surface area contributed by atoms with Crippen LogP contribution >= 0.6 is 22.7 Å². The molecule has 0 aliphatic carbocycles. The average molecular weight is 815 g/mol. The molecule has 2 aromatic carbocycles. The highest BCUT2D eigenvalue weighted by Gasteiger charge is 2.38. The summed E-state index contributed by atoms with van der Waals surface area (Å²) >= 11 is 2.85. The molecule has 6 rings (SSSR count). The number of benzene rings is 2. The second kappa shape index (κ2) is 19.3. The molecule has 4 heterocycles. The summed E-state index contributed by atoms with van der Waals surface area (Å²) < 4.78 is 1.03. The Morgan fingerprint density at radius 1 is 0.825 bits per heavy atom. The molecule has 0 bridgehead atoms. The maximum absolute atomic E-state index is 14.5. The van der Waals surface area contributed by atoms with Gasteiger partial charge in [-0.15, -0.1) is 22.7 Å². The van der Waals surface area contributed by atoms with Gasteiger partial charge in [-0.05, 0) is 80.9 Å². The number of primary amides is 1. The van der Waals surface area contributed by atoms with Crippen molar-refractivity contribution in [2.45, 2.75) is 81.1 Å². The fraction of sp³-hybridized carbons (Fsp3) is 0.400. The van der Waals surface area contributed by atoms with Crippen molar-refractivity contribution < 1.29 is 24.0 Å². The molecule has 5 aromatic rings. The van der Waals surface area contributed by atoms with Gasteiger partial charge in [-0.2, -0.15) is 0 Å². The Kier molecular flexibility index (Phi) is 14.0. The smallest absolute Gasteiger partial charge is 0.243 e. The number of nitrogens with two attached hydrogens (primary N) is 3. The van der Waals surface area contributed by atoms with Crippen LogP contribution in [0.4, 0.5) is 0 Å². The normalized spacial score (nSPS) is 16.0. The number of fused-ring (bicyclic) bond motifs is 2. The third-order valence-electron chi connectivity index (χ3n) is 10.3. The van der Waals surface area contributed by atoms with Crippen LogP contribution < -0.4 is 43.8 Å². The third kappa shape index (κ3) is 10.8. The minimum atomic E-state index is -1.20. The molecule has 0 spiro atoms. The van der Waals surface area contributed by atoms with E-state index in [-0.39, 0.29) is 25.7 Å². The quantitative estimate of drug-likeness (QED) is 0.0547. The Morgan fingerprint density at radius 2 is 1.49 bits per heavy atom. The topological polar surface area (TPSA) is 252 Å². The molecule has 12 N–H and O–H groups in total. The molecule has 5 amide bonds. The lowest BCUT2D eigenvalue weighted by Crippen LogP contribution is -2.63. The molecule has 15 nitrogen and oxygen atoms in total. The summed E-state index contributed by atoms with van der Waals surface area (Å²) in [7, 11) is 0. The van der Waals surface area contributed by atoms with Gasteiger partial charge in [0.15, 0.2) is 0 Å². The summed E-state index contributed by atoms with van der Waals surface area (Å²) in [5.41, 5.74) is 20.5. The predicted molar refractivity (Wildman–Crippen MR) is 222 cm³/mol. The molecular weight excluding hydrogens is 765 g/mol. The van der Waals surface area contributed by atoms with E-state index in [0.717, 1.165) is 31.4 Å². The number of amides is 5. The van der Waals surface area contributed by atoms with E-state index in [0.29, 0.717) is 51.0 Å². The molecule has 3 aromatic heterocycles. The summed E-state index contributed by atoms with van der Waals surface area (Å²) in [6, 6.07) is 13.0. The van der Waals surface area contributed by atoms with Gasteiger partial charge < -0.3 is 48.8 Å². The number of piperidine rings is 1. The van der Waals surface area contributed by atoms with E-state index in [1.807, 2.05) is 54.6 Å². The number of carbonyl (C=O) groups is 5. The minimum absolute atomic E-state index is 0.0150. The Morgan fingerprint density at radius 3 is 2.18 bits per heavy atom. The summed E-state index contributed by atoms with van der Waals surface area (Å²) in [4.78, 5) is 77.4. The summed E-state index contributed by atoms with van der Waals surface area (Å²) in [5.74, 6) is -3.02. The van der Waals surface area contributed by atoms with E-state index >= 15 is 0 Å². The maximum Gasteiger partial charge on any atom is 0.243 e. The van der Waals surface area contributed by atoms with Crippen molar-refractivity contribution in [1.29, 1.82) is 0 Å². The number of unbranched alkanes of at least 4 members (excludes halogenated alkanes) is 1. The first kappa shape index (κ1) is 41.4. The number of nitrogens with one attached hydrogen (secondary N) is 6. The summed E-state index contributed by atoms with van der Waals surface area (Å²) in [6.07, 6.45) is 4.27. The van der Waals surface area contributed by atoms with E-state index in [9.17, 15) is 24.0 Å². The number of H-pyrrole nitrogens is 1. The van der Waals surface area contributed by atoms with Gasteiger partial charge in [0, 0.05) is 51.3 Å². The molecule has 0 radical (unpaired) electrons. The molecule has 1 aliphatic heterocycles. The van der Waals surface area contributed by atoms with Gasteiger partial charge >= 0.3 is 0 Å². The van der Waals surface area contributed by atoms with Crippen LogP contribution in [0.3, 0.4) is 0 Å². The lowest BCUT2D eigenvalue weighted by molar-refractivity contribution is -0.135. The highest BCUT2D eigenvalue weighted by Crippen LogP contribution is 2.27. The molecular formula is C40H50N10O5S2. The van der Waals surface area contributed by atoms with Crippen molar-refractivity contribution in [2.24, 2.45) is 17.2 Å².